The maximum atomic E-state index is 13.4. The first-order valence-corrected chi connectivity index (χ1v) is 14.9. The number of carboxylic acid groups (broad SMARTS) is 1. The first-order chi connectivity index (χ1) is 18.7. The molecule has 4 rings (SSSR count). The number of fused-ring (bicyclic) bond motifs is 5. The van der Waals surface area contributed by atoms with Gasteiger partial charge in [0.1, 0.15) is 11.6 Å². The molecule has 0 saturated heterocycles. The van der Waals surface area contributed by atoms with Gasteiger partial charge in [0, 0.05) is 18.3 Å². The van der Waals surface area contributed by atoms with Crippen molar-refractivity contribution < 1.29 is 38.9 Å². The van der Waals surface area contributed by atoms with Crippen LogP contribution in [0, 0.1) is 34.5 Å². The summed E-state index contributed by atoms with van der Waals surface area (Å²) in [6.45, 7) is 7.46. The molecule has 0 aromatic heterocycles. The second kappa shape index (κ2) is 11.4. The average Bonchev–Trinajstić information content (AvgIpc) is 3.17. The van der Waals surface area contributed by atoms with Gasteiger partial charge in [-0.05, 0) is 86.5 Å². The van der Waals surface area contributed by atoms with Gasteiger partial charge in [0.15, 0.2) is 12.4 Å². The van der Waals surface area contributed by atoms with Gasteiger partial charge in [0.2, 0.25) is 11.7 Å². The predicted molar refractivity (Wildman–Crippen MR) is 146 cm³/mol. The molecule has 4 aliphatic carbocycles. The van der Waals surface area contributed by atoms with Crippen LogP contribution >= 0.6 is 0 Å². The van der Waals surface area contributed by atoms with E-state index in [1.807, 2.05) is 26.8 Å². The third-order valence-corrected chi connectivity index (χ3v) is 10.8. The Balaban J connectivity index is 1.33. The zero-order valence-electron chi connectivity index (χ0n) is 24.3. The maximum absolute atomic E-state index is 13.4. The van der Waals surface area contributed by atoms with Gasteiger partial charge in [-0.15, -0.1) is 0 Å². The van der Waals surface area contributed by atoms with Crippen molar-refractivity contribution in [1.29, 1.82) is 0 Å². The maximum Gasteiger partial charge on any atom is 0.326 e. The highest BCUT2D eigenvalue weighted by Gasteiger charge is 2.66. The SMILES string of the molecule is CC(C)C[C@H](NC(=O)CCC(=O)OCC(=O)[C@@]1(O)CC[C@@H]2[C@@H]3CCC4=CC(=O)CC[C@]4(C)[C@@H]3CC[C@@]21C)C(=O)O. The molecule has 3 saturated carbocycles. The third-order valence-electron chi connectivity index (χ3n) is 10.8. The van der Waals surface area contributed by atoms with E-state index in [0.717, 1.165) is 32.1 Å². The zero-order chi connectivity index (χ0) is 29.5. The highest BCUT2D eigenvalue weighted by atomic mass is 16.5. The number of esters is 1. The van der Waals surface area contributed by atoms with E-state index < -0.39 is 47.3 Å². The summed E-state index contributed by atoms with van der Waals surface area (Å²) in [5.41, 5.74) is -0.908. The third kappa shape index (κ3) is 5.50. The first-order valence-electron chi connectivity index (χ1n) is 14.9. The minimum absolute atomic E-state index is 0.00393. The number of aliphatic carboxylic acids is 1. The van der Waals surface area contributed by atoms with Crippen LogP contribution in [0.1, 0.15) is 98.3 Å². The summed E-state index contributed by atoms with van der Waals surface area (Å²) >= 11 is 0. The van der Waals surface area contributed by atoms with Crippen LogP contribution in [-0.4, -0.2) is 57.9 Å². The molecule has 9 nitrogen and oxygen atoms in total. The van der Waals surface area contributed by atoms with Gasteiger partial charge in [-0.1, -0.05) is 33.3 Å². The van der Waals surface area contributed by atoms with E-state index in [4.69, 9.17) is 4.74 Å². The van der Waals surface area contributed by atoms with Crippen LogP contribution in [-0.2, 0) is 28.7 Å². The summed E-state index contributed by atoms with van der Waals surface area (Å²) in [5.74, 6) is -1.65. The van der Waals surface area contributed by atoms with E-state index >= 15 is 0 Å². The van der Waals surface area contributed by atoms with Crippen LogP contribution in [0.5, 0.6) is 0 Å². The number of carbonyl (C=O) groups excluding carboxylic acids is 4. The van der Waals surface area contributed by atoms with E-state index in [0.29, 0.717) is 31.1 Å². The lowest BCUT2D eigenvalue weighted by atomic mass is 9.46. The summed E-state index contributed by atoms with van der Waals surface area (Å²) in [6.07, 6.45) is 7.57. The Labute approximate surface area is 236 Å². The molecule has 9 heteroatoms. The Morgan fingerprint density at radius 1 is 1.02 bits per heavy atom. The summed E-state index contributed by atoms with van der Waals surface area (Å²) in [5, 5.41) is 23.5. The second-order valence-corrected chi connectivity index (χ2v) is 13.5. The van der Waals surface area contributed by atoms with Crippen molar-refractivity contribution in [3.8, 4) is 0 Å². The van der Waals surface area contributed by atoms with Crippen LogP contribution in [0.4, 0.5) is 0 Å². The highest BCUT2D eigenvalue weighted by molar-refractivity contribution is 5.92. The Bertz CT molecular complexity index is 1100. The summed E-state index contributed by atoms with van der Waals surface area (Å²) < 4.78 is 5.19. The van der Waals surface area contributed by atoms with Crippen molar-refractivity contribution >= 4 is 29.4 Å². The summed E-state index contributed by atoms with van der Waals surface area (Å²) in [7, 11) is 0. The number of allylic oxidation sites excluding steroid dienone is 1. The van der Waals surface area contributed by atoms with Gasteiger partial charge in [0.05, 0.1) is 6.42 Å². The van der Waals surface area contributed by atoms with Crippen LogP contribution in [0.3, 0.4) is 0 Å². The summed E-state index contributed by atoms with van der Waals surface area (Å²) in [4.78, 5) is 61.3. The quantitative estimate of drug-likeness (QED) is 0.343. The van der Waals surface area contributed by atoms with E-state index in [1.54, 1.807) is 0 Å². The Kier molecular flexibility index (Phi) is 8.65. The molecule has 3 N–H and O–H groups in total. The molecule has 0 heterocycles. The first kappa shape index (κ1) is 30.4. The van der Waals surface area contributed by atoms with Crippen molar-refractivity contribution in [1.82, 2.24) is 5.32 Å². The number of amides is 1. The number of aliphatic hydroxyl groups is 1. The fourth-order valence-corrected chi connectivity index (χ4v) is 8.55. The molecule has 4 aliphatic rings. The molecule has 0 radical (unpaired) electrons. The van der Waals surface area contributed by atoms with Crippen LogP contribution in [0.15, 0.2) is 11.6 Å². The minimum atomic E-state index is -1.58. The van der Waals surface area contributed by atoms with Gasteiger partial charge in [-0.25, -0.2) is 4.79 Å². The number of Topliss-reactive ketones (excluding diaryl/α,β-unsaturated/α-hetero) is 1. The smallest absolute Gasteiger partial charge is 0.326 e. The van der Waals surface area contributed by atoms with Crippen LogP contribution < -0.4 is 5.32 Å². The molecule has 1 amide bonds. The van der Waals surface area contributed by atoms with Crippen LogP contribution in [0.2, 0.25) is 0 Å². The molecule has 0 aromatic carbocycles. The number of ether oxygens (including phenoxy) is 1. The van der Waals surface area contributed by atoms with Gasteiger partial charge < -0.3 is 20.3 Å². The highest BCUT2D eigenvalue weighted by Crippen LogP contribution is 2.67. The minimum Gasteiger partial charge on any atom is -0.480 e. The summed E-state index contributed by atoms with van der Waals surface area (Å²) in [6, 6.07) is -1.03. The van der Waals surface area contributed by atoms with Crippen molar-refractivity contribution in [2.45, 2.75) is 110 Å². The fourth-order valence-electron chi connectivity index (χ4n) is 8.55. The molecule has 0 aromatic rings. The van der Waals surface area contributed by atoms with Gasteiger partial charge in [-0.3, -0.25) is 19.2 Å². The zero-order valence-corrected chi connectivity index (χ0v) is 24.3. The molecule has 0 bridgehead atoms. The molecule has 0 aliphatic heterocycles. The topological polar surface area (TPSA) is 147 Å². The molecule has 40 heavy (non-hydrogen) atoms. The van der Waals surface area contributed by atoms with Gasteiger partial charge in [0.25, 0.3) is 0 Å². The molecular formula is C31H45NO8. The molecule has 0 spiro atoms. The monoisotopic (exact) mass is 559 g/mol. The number of hydrogen-bond acceptors (Lipinski definition) is 7. The lowest BCUT2D eigenvalue weighted by Gasteiger charge is -2.58. The molecule has 7 atom stereocenters. The fraction of sp³-hybridized carbons (Fsp3) is 0.774. The van der Waals surface area contributed by atoms with Gasteiger partial charge >= 0.3 is 11.9 Å². The lowest BCUT2D eigenvalue weighted by molar-refractivity contribution is -0.170. The predicted octanol–water partition coefficient (Wildman–Crippen LogP) is 3.76. The number of nitrogens with one attached hydrogen (secondary N) is 1. The number of ketones is 2. The van der Waals surface area contributed by atoms with E-state index in [1.165, 1.54) is 5.57 Å². The average molecular weight is 560 g/mol. The van der Waals surface area contributed by atoms with E-state index in [-0.39, 0.29) is 42.3 Å². The number of carboxylic acids is 1. The Morgan fingerprint density at radius 3 is 2.40 bits per heavy atom. The number of carbonyl (C=O) groups is 5. The van der Waals surface area contributed by atoms with Crippen molar-refractivity contribution in [2.24, 2.45) is 34.5 Å². The molecule has 3 fully saturated rings. The lowest BCUT2D eigenvalue weighted by Crippen LogP contribution is -2.58. The van der Waals surface area contributed by atoms with Crippen LogP contribution in [0.25, 0.3) is 0 Å². The van der Waals surface area contributed by atoms with Crippen molar-refractivity contribution in [2.75, 3.05) is 6.61 Å². The molecular weight excluding hydrogens is 514 g/mol. The molecule has 0 unspecified atom stereocenters. The standard InChI is InChI=1S/C31H45NO8/c1-18(2)15-24(28(37)38)32-26(35)7-8-27(36)40-17-25(34)31(39)14-11-23-21-6-5-19-16-20(33)9-12-29(19,3)22(21)10-13-30(23,31)4/h16,18,21-24,39H,5-15,17H2,1-4H3,(H,32,35)(H,37,38)/t21-,22-,23-,24+,29+,30+,31+/m1/s1. The number of rotatable bonds is 10. The second-order valence-electron chi connectivity index (χ2n) is 13.5. The number of hydrogen-bond donors (Lipinski definition) is 3. The van der Waals surface area contributed by atoms with E-state index in [9.17, 15) is 34.2 Å². The van der Waals surface area contributed by atoms with E-state index in [2.05, 4.69) is 12.2 Å². The molecule has 222 valence electrons. The largest absolute Gasteiger partial charge is 0.480 e. The Hall–Kier alpha value is -2.55. The van der Waals surface area contributed by atoms with Crippen molar-refractivity contribution in [3.05, 3.63) is 11.6 Å². The van der Waals surface area contributed by atoms with Gasteiger partial charge in [-0.2, -0.15) is 0 Å². The Morgan fingerprint density at radius 2 is 1.73 bits per heavy atom. The van der Waals surface area contributed by atoms with Crippen molar-refractivity contribution in [3.63, 3.8) is 0 Å². The normalized spacial score (nSPS) is 35.6.